The molecule has 0 spiro atoms. The summed E-state index contributed by atoms with van der Waals surface area (Å²) in [6, 6.07) is 0.183. The molecule has 1 amide bonds. The molecule has 1 fully saturated rings. The van der Waals surface area contributed by atoms with Crippen LogP contribution >= 0.6 is 11.8 Å². The van der Waals surface area contributed by atoms with Crippen molar-refractivity contribution in [2.45, 2.75) is 50.8 Å². The van der Waals surface area contributed by atoms with Crippen LogP contribution in [0.3, 0.4) is 0 Å². The van der Waals surface area contributed by atoms with Gasteiger partial charge in [0.25, 0.3) is 5.22 Å². The molecule has 1 heterocycles. The Morgan fingerprint density at radius 1 is 1.44 bits per heavy atom. The molecular weight excluding hydrogens is 250 g/mol. The molecule has 5 nitrogen and oxygen atoms in total. The average molecular weight is 269 g/mol. The van der Waals surface area contributed by atoms with Crippen LogP contribution in [0.15, 0.2) is 9.64 Å². The maximum atomic E-state index is 11.7. The van der Waals surface area contributed by atoms with Crippen molar-refractivity contribution in [3.05, 3.63) is 5.89 Å². The monoisotopic (exact) mass is 269 g/mol. The summed E-state index contributed by atoms with van der Waals surface area (Å²) in [7, 11) is 0. The maximum Gasteiger partial charge on any atom is 0.277 e. The number of nitrogens with zero attached hydrogens (tertiary/aromatic N) is 2. The van der Waals surface area contributed by atoms with E-state index in [4.69, 9.17) is 4.42 Å². The van der Waals surface area contributed by atoms with Gasteiger partial charge in [-0.15, -0.1) is 10.2 Å². The summed E-state index contributed by atoms with van der Waals surface area (Å²) in [4.78, 5) is 11.7. The average Bonchev–Trinajstić information content (AvgIpc) is 3.06. The van der Waals surface area contributed by atoms with Crippen LogP contribution in [0.4, 0.5) is 0 Å². The second-order valence-corrected chi connectivity index (χ2v) is 6.00. The molecule has 1 atom stereocenters. The Bertz CT molecular complexity index is 415. The second kappa shape index (κ2) is 5.73. The lowest BCUT2D eigenvalue weighted by atomic mass is 10.1. The van der Waals surface area contributed by atoms with E-state index in [0.29, 0.717) is 28.7 Å². The normalized spacial score (nSPS) is 16.9. The topological polar surface area (TPSA) is 68.0 Å². The largest absolute Gasteiger partial charge is 0.416 e. The summed E-state index contributed by atoms with van der Waals surface area (Å²) in [5, 5.41) is 11.3. The highest BCUT2D eigenvalue weighted by molar-refractivity contribution is 7.99. The van der Waals surface area contributed by atoms with Gasteiger partial charge in [-0.3, -0.25) is 4.79 Å². The van der Waals surface area contributed by atoms with Crippen molar-refractivity contribution < 1.29 is 9.21 Å². The van der Waals surface area contributed by atoms with E-state index >= 15 is 0 Å². The maximum absolute atomic E-state index is 11.7. The van der Waals surface area contributed by atoms with Gasteiger partial charge < -0.3 is 9.73 Å². The molecule has 0 saturated heterocycles. The molecule has 100 valence electrons. The van der Waals surface area contributed by atoms with Gasteiger partial charge in [0.2, 0.25) is 11.8 Å². The molecular formula is C12H19N3O2S. The Balaban J connectivity index is 1.74. The molecule has 0 unspecified atom stereocenters. The fourth-order valence-corrected chi connectivity index (χ4v) is 1.94. The Morgan fingerprint density at radius 2 is 2.17 bits per heavy atom. The summed E-state index contributed by atoms with van der Waals surface area (Å²) in [6.45, 7) is 6.17. The summed E-state index contributed by atoms with van der Waals surface area (Å²) < 4.78 is 5.47. The predicted octanol–water partition coefficient (Wildman–Crippen LogP) is 2.20. The van der Waals surface area contributed by atoms with Gasteiger partial charge >= 0.3 is 0 Å². The Labute approximate surface area is 111 Å². The minimum absolute atomic E-state index is 0.00683. The molecule has 0 aliphatic heterocycles. The zero-order valence-electron chi connectivity index (χ0n) is 11.0. The minimum Gasteiger partial charge on any atom is -0.416 e. The van der Waals surface area contributed by atoms with E-state index in [1.165, 1.54) is 11.8 Å². The zero-order chi connectivity index (χ0) is 13.1. The van der Waals surface area contributed by atoms with Crippen LogP contribution < -0.4 is 5.32 Å². The lowest BCUT2D eigenvalue weighted by molar-refractivity contribution is -0.119. The molecule has 0 aromatic carbocycles. The van der Waals surface area contributed by atoms with Crippen molar-refractivity contribution in [3.8, 4) is 0 Å². The van der Waals surface area contributed by atoms with E-state index in [-0.39, 0.29) is 11.9 Å². The van der Waals surface area contributed by atoms with Crippen LogP contribution in [0.2, 0.25) is 0 Å². The number of nitrogens with one attached hydrogen (secondary N) is 1. The smallest absolute Gasteiger partial charge is 0.277 e. The first-order chi connectivity index (χ1) is 8.56. The fourth-order valence-electron chi connectivity index (χ4n) is 1.36. The Kier molecular flexibility index (Phi) is 4.27. The molecule has 0 bridgehead atoms. The number of carbonyl (C=O) groups is 1. The summed E-state index contributed by atoms with van der Waals surface area (Å²) >= 11 is 1.30. The third-order valence-corrected chi connectivity index (χ3v) is 3.88. The van der Waals surface area contributed by atoms with Crippen molar-refractivity contribution in [2.75, 3.05) is 5.75 Å². The highest BCUT2D eigenvalue weighted by Crippen LogP contribution is 2.39. The van der Waals surface area contributed by atoms with Gasteiger partial charge in [-0.25, -0.2) is 0 Å². The number of hydrogen-bond donors (Lipinski definition) is 1. The van der Waals surface area contributed by atoms with E-state index < -0.39 is 0 Å². The van der Waals surface area contributed by atoms with E-state index in [1.807, 2.05) is 6.92 Å². The van der Waals surface area contributed by atoms with Crippen LogP contribution in [0.25, 0.3) is 0 Å². The molecule has 1 saturated carbocycles. The van der Waals surface area contributed by atoms with Crippen molar-refractivity contribution in [1.29, 1.82) is 0 Å². The van der Waals surface area contributed by atoms with Crippen LogP contribution in [-0.4, -0.2) is 27.9 Å². The first kappa shape index (κ1) is 13.4. The van der Waals surface area contributed by atoms with Crippen molar-refractivity contribution in [1.82, 2.24) is 15.5 Å². The van der Waals surface area contributed by atoms with Gasteiger partial charge in [0.05, 0.1) is 5.75 Å². The zero-order valence-corrected chi connectivity index (χ0v) is 11.8. The standard InChI is InChI=1S/C12H19N3O2S/c1-7(2)8(3)13-10(16)6-18-12-15-14-11(17-12)9-4-5-9/h7-9H,4-6H2,1-3H3,(H,13,16)/t8-/m0/s1. The summed E-state index contributed by atoms with van der Waals surface area (Å²) in [5.74, 6) is 1.94. The third-order valence-electron chi connectivity index (χ3n) is 3.06. The first-order valence-electron chi connectivity index (χ1n) is 6.32. The van der Waals surface area contributed by atoms with Crippen molar-refractivity contribution in [3.63, 3.8) is 0 Å². The molecule has 0 radical (unpaired) electrons. The molecule has 2 rings (SSSR count). The van der Waals surface area contributed by atoms with Crippen LogP contribution in [0.5, 0.6) is 0 Å². The number of rotatable bonds is 6. The van der Waals surface area contributed by atoms with Crippen LogP contribution in [0.1, 0.15) is 45.4 Å². The van der Waals surface area contributed by atoms with E-state index in [9.17, 15) is 4.79 Å². The molecule has 1 aromatic rings. The van der Waals surface area contributed by atoms with Gasteiger partial charge in [-0.05, 0) is 25.7 Å². The molecule has 1 aliphatic rings. The molecule has 1 N–H and O–H groups in total. The number of amides is 1. The van der Waals surface area contributed by atoms with E-state index in [2.05, 4.69) is 29.4 Å². The van der Waals surface area contributed by atoms with Gasteiger partial charge in [-0.2, -0.15) is 0 Å². The molecule has 6 heteroatoms. The highest BCUT2D eigenvalue weighted by atomic mass is 32.2. The van der Waals surface area contributed by atoms with E-state index in [1.54, 1.807) is 0 Å². The van der Waals surface area contributed by atoms with Gasteiger partial charge in [-0.1, -0.05) is 25.6 Å². The second-order valence-electron chi connectivity index (χ2n) is 5.07. The van der Waals surface area contributed by atoms with Crippen LogP contribution in [0, 0.1) is 5.92 Å². The number of thioether (sulfide) groups is 1. The third kappa shape index (κ3) is 3.73. The van der Waals surface area contributed by atoms with Gasteiger partial charge in [0.1, 0.15) is 0 Å². The lowest BCUT2D eigenvalue weighted by Gasteiger charge is -2.16. The Morgan fingerprint density at radius 3 is 2.78 bits per heavy atom. The molecule has 18 heavy (non-hydrogen) atoms. The fraction of sp³-hybridized carbons (Fsp3) is 0.750. The first-order valence-corrected chi connectivity index (χ1v) is 7.30. The number of aromatic nitrogens is 2. The summed E-state index contributed by atoms with van der Waals surface area (Å²) in [5.41, 5.74) is 0. The predicted molar refractivity (Wildman–Crippen MR) is 69.4 cm³/mol. The van der Waals surface area contributed by atoms with Crippen molar-refractivity contribution >= 4 is 17.7 Å². The van der Waals surface area contributed by atoms with E-state index in [0.717, 1.165) is 12.8 Å². The SMILES string of the molecule is CC(C)[C@H](C)NC(=O)CSc1nnc(C2CC2)o1. The number of carbonyl (C=O) groups excluding carboxylic acids is 1. The lowest BCUT2D eigenvalue weighted by Crippen LogP contribution is -2.37. The van der Waals surface area contributed by atoms with Gasteiger partial charge in [0.15, 0.2) is 0 Å². The number of hydrogen-bond acceptors (Lipinski definition) is 5. The minimum atomic E-state index is 0.00683. The van der Waals surface area contributed by atoms with Crippen LogP contribution in [-0.2, 0) is 4.79 Å². The molecule has 1 aromatic heterocycles. The quantitative estimate of drug-likeness (QED) is 0.802. The highest BCUT2D eigenvalue weighted by Gasteiger charge is 2.29. The Hall–Kier alpha value is -1.04. The summed E-state index contributed by atoms with van der Waals surface area (Å²) in [6.07, 6.45) is 2.28. The molecule has 1 aliphatic carbocycles. The van der Waals surface area contributed by atoms with Crippen molar-refractivity contribution in [2.24, 2.45) is 5.92 Å². The van der Waals surface area contributed by atoms with Gasteiger partial charge in [0, 0.05) is 12.0 Å².